The fourth-order valence-corrected chi connectivity index (χ4v) is 3.26. The molecule has 2 heterocycles. The molecular weight excluding hydrogens is 332 g/mol. The first-order chi connectivity index (χ1) is 10.1. The van der Waals surface area contributed by atoms with Crippen molar-refractivity contribution < 1.29 is 4.52 Å². The van der Waals surface area contributed by atoms with Crippen LogP contribution < -0.4 is 0 Å². The first-order valence-electron chi connectivity index (χ1n) is 7.03. The average molecular weight is 347 g/mol. The Labute approximate surface area is 131 Å². The van der Waals surface area contributed by atoms with Crippen LogP contribution in [0.25, 0.3) is 11.5 Å². The lowest BCUT2D eigenvalue weighted by Gasteiger charge is -2.26. The molecule has 2 aromatic rings. The van der Waals surface area contributed by atoms with Gasteiger partial charge in [-0.2, -0.15) is 10.2 Å². The van der Waals surface area contributed by atoms with Crippen molar-refractivity contribution >= 4 is 15.9 Å². The molecule has 6 heteroatoms. The molecule has 0 amide bonds. The molecule has 0 aromatic carbocycles. The van der Waals surface area contributed by atoms with Gasteiger partial charge in [0.25, 0.3) is 0 Å². The summed E-state index contributed by atoms with van der Waals surface area (Å²) in [5, 5.41) is 13.6. The summed E-state index contributed by atoms with van der Waals surface area (Å²) in [6, 6.07) is 4.36. The molecule has 2 aromatic heterocycles. The third kappa shape index (κ3) is 2.58. The summed E-state index contributed by atoms with van der Waals surface area (Å²) in [4.78, 5) is 8.80. The largest absolute Gasteiger partial charge is 0.337 e. The van der Waals surface area contributed by atoms with Crippen molar-refractivity contribution in [2.24, 2.45) is 0 Å². The Hall–Kier alpha value is -1.74. The van der Waals surface area contributed by atoms with Gasteiger partial charge in [0.2, 0.25) is 11.7 Å². The second-order valence-corrected chi connectivity index (χ2v) is 6.41. The first kappa shape index (κ1) is 14.2. The first-order valence-corrected chi connectivity index (χ1v) is 7.82. The smallest absolute Gasteiger partial charge is 0.247 e. The summed E-state index contributed by atoms with van der Waals surface area (Å²) >= 11 is 3.39. The molecule has 1 aliphatic rings. The minimum Gasteiger partial charge on any atom is -0.337 e. The van der Waals surface area contributed by atoms with E-state index in [9.17, 15) is 5.26 Å². The molecule has 5 nitrogen and oxygen atoms in total. The highest BCUT2D eigenvalue weighted by Crippen LogP contribution is 2.38. The van der Waals surface area contributed by atoms with Crippen molar-refractivity contribution in [1.29, 1.82) is 5.26 Å². The van der Waals surface area contributed by atoms with Crippen LogP contribution in [0.15, 0.2) is 21.3 Å². The van der Waals surface area contributed by atoms with E-state index in [1.54, 1.807) is 6.20 Å². The number of halogens is 1. The molecule has 1 aliphatic carbocycles. The van der Waals surface area contributed by atoms with Crippen molar-refractivity contribution in [2.45, 2.75) is 44.4 Å². The number of aryl methyl sites for hydroxylation is 1. The predicted octanol–water partition coefficient (Wildman–Crippen LogP) is 3.93. The van der Waals surface area contributed by atoms with Gasteiger partial charge in [-0.25, -0.2) is 0 Å². The molecule has 0 atom stereocenters. The molecule has 0 N–H and O–H groups in total. The van der Waals surface area contributed by atoms with E-state index in [0.29, 0.717) is 17.4 Å². The Balaban J connectivity index is 1.98. The van der Waals surface area contributed by atoms with E-state index in [1.165, 1.54) is 0 Å². The summed E-state index contributed by atoms with van der Waals surface area (Å²) in [5.41, 5.74) is 1.04. The number of rotatable bonds is 2. The lowest BCUT2D eigenvalue weighted by atomic mass is 9.75. The molecular formula is C15H15BrN4O. The van der Waals surface area contributed by atoms with Gasteiger partial charge in [0.05, 0.1) is 6.07 Å². The summed E-state index contributed by atoms with van der Waals surface area (Å²) in [6.07, 6.45) is 6.51. The Morgan fingerprint density at radius 2 is 2.10 bits per heavy atom. The molecule has 0 unspecified atom stereocenters. The molecule has 108 valence electrons. The number of aromatic nitrogens is 3. The Bertz CT molecular complexity index is 698. The quantitative estimate of drug-likeness (QED) is 0.823. The maximum atomic E-state index is 9.57. The maximum absolute atomic E-state index is 9.57. The number of nitrogens with zero attached hydrogens (tertiary/aromatic N) is 4. The average Bonchev–Trinajstić information content (AvgIpc) is 2.98. The maximum Gasteiger partial charge on any atom is 0.247 e. The van der Waals surface area contributed by atoms with Gasteiger partial charge in [-0.3, -0.25) is 4.98 Å². The van der Waals surface area contributed by atoms with Crippen LogP contribution in [0.4, 0.5) is 0 Å². The zero-order valence-corrected chi connectivity index (χ0v) is 13.4. The standard InChI is InChI=1S/C15H15BrN4O/c1-10-7-11(16)8-18-12(10)13-19-14(21-20-13)15(9-17)5-3-2-4-6-15/h7-8H,2-6H2,1H3. The van der Waals surface area contributed by atoms with Crippen molar-refractivity contribution in [3.8, 4) is 17.6 Å². The topological polar surface area (TPSA) is 75.6 Å². The third-order valence-electron chi connectivity index (χ3n) is 4.01. The van der Waals surface area contributed by atoms with E-state index in [2.05, 4.69) is 37.1 Å². The predicted molar refractivity (Wildman–Crippen MR) is 80.3 cm³/mol. The molecule has 0 bridgehead atoms. The Morgan fingerprint density at radius 3 is 2.76 bits per heavy atom. The fourth-order valence-electron chi connectivity index (χ4n) is 2.82. The van der Waals surface area contributed by atoms with E-state index in [-0.39, 0.29) is 0 Å². The second-order valence-electron chi connectivity index (χ2n) is 5.50. The SMILES string of the molecule is Cc1cc(Br)cnc1-c1noc(C2(C#N)CCCCC2)n1. The van der Waals surface area contributed by atoms with Crippen LogP contribution in [-0.4, -0.2) is 15.1 Å². The molecule has 21 heavy (non-hydrogen) atoms. The Morgan fingerprint density at radius 1 is 1.33 bits per heavy atom. The lowest BCUT2D eigenvalue weighted by molar-refractivity contribution is 0.264. The van der Waals surface area contributed by atoms with Crippen LogP contribution in [0, 0.1) is 18.3 Å². The van der Waals surface area contributed by atoms with Crippen LogP contribution in [0.1, 0.15) is 43.6 Å². The minimum absolute atomic E-state index is 0.434. The van der Waals surface area contributed by atoms with E-state index in [4.69, 9.17) is 4.52 Å². The molecule has 1 saturated carbocycles. The van der Waals surface area contributed by atoms with E-state index in [1.807, 2.05) is 13.0 Å². The molecule has 3 rings (SSSR count). The molecule has 1 fully saturated rings. The summed E-state index contributed by atoms with van der Waals surface area (Å²) in [7, 11) is 0. The molecule has 0 saturated heterocycles. The van der Waals surface area contributed by atoms with E-state index in [0.717, 1.165) is 42.1 Å². The number of hydrogen-bond donors (Lipinski definition) is 0. The summed E-state index contributed by atoms with van der Waals surface area (Å²) in [6.45, 7) is 1.95. The second kappa shape index (κ2) is 5.57. The molecule has 0 radical (unpaired) electrons. The van der Waals surface area contributed by atoms with Crippen molar-refractivity contribution in [3.05, 3.63) is 28.2 Å². The summed E-state index contributed by atoms with van der Waals surface area (Å²) in [5.74, 6) is 0.888. The van der Waals surface area contributed by atoms with Crippen LogP contribution in [0.2, 0.25) is 0 Å². The third-order valence-corrected chi connectivity index (χ3v) is 4.45. The van der Waals surface area contributed by atoms with Crippen molar-refractivity contribution in [3.63, 3.8) is 0 Å². The van der Waals surface area contributed by atoms with Gasteiger partial charge in [-0.15, -0.1) is 0 Å². The van der Waals surface area contributed by atoms with Crippen LogP contribution >= 0.6 is 15.9 Å². The van der Waals surface area contributed by atoms with Gasteiger partial charge < -0.3 is 4.52 Å². The monoisotopic (exact) mass is 346 g/mol. The van der Waals surface area contributed by atoms with Gasteiger partial charge in [0.1, 0.15) is 11.1 Å². The van der Waals surface area contributed by atoms with E-state index >= 15 is 0 Å². The lowest BCUT2D eigenvalue weighted by Crippen LogP contribution is -2.27. The van der Waals surface area contributed by atoms with Gasteiger partial charge >= 0.3 is 0 Å². The number of pyridine rings is 1. The highest BCUT2D eigenvalue weighted by atomic mass is 79.9. The van der Waals surface area contributed by atoms with Gasteiger partial charge in [0.15, 0.2) is 0 Å². The van der Waals surface area contributed by atoms with Crippen LogP contribution in [0.5, 0.6) is 0 Å². The van der Waals surface area contributed by atoms with Crippen LogP contribution in [-0.2, 0) is 5.41 Å². The minimum atomic E-state index is -0.618. The molecule has 0 aliphatic heterocycles. The Kier molecular flexibility index (Phi) is 3.77. The normalized spacial score (nSPS) is 17.4. The van der Waals surface area contributed by atoms with E-state index < -0.39 is 5.41 Å². The van der Waals surface area contributed by atoms with Gasteiger partial charge in [-0.1, -0.05) is 24.4 Å². The number of hydrogen-bond acceptors (Lipinski definition) is 5. The zero-order valence-electron chi connectivity index (χ0n) is 11.8. The molecule has 0 spiro atoms. The highest BCUT2D eigenvalue weighted by molar-refractivity contribution is 9.10. The zero-order chi connectivity index (χ0) is 14.9. The fraction of sp³-hybridized carbons (Fsp3) is 0.467. The van der Waals surface area contributed by atoms with Gasteiger partial charge in [0, 0.05) is 10.7 Å². The van der Waals surface area contributed by atoms with Crippen LogP contribution in [0.3, 0.4) is 0 Å². The van der Waals surface area contributed by atoms with Crippen molar-refractivity contribution in [2.75, 3.05) is 0 Å². The highest BCUT2D eigenvalue weighted by Gasteiger charge is 2.39. The summed E-state index contributed by atoms with van der Waals surface area (Å²) < 4.78 is 6.31. The number of nitriles is 1. The van der Waals surface area contributed by atoms with Gasteiger partial charge in [-0.05, 0) is 47.3 Å². The van der Waals surface area contributed by atoms with Crippen molar-refractivity contribution in [1.82, 2.24) is 15.1 Å².